The molecule has 3 N–H and O–H groups in total. The quantitative estimate of drug-likeness (QED) is 0.681. The van der Waals surface area contributed by atoms with Crippen molar-refractivity contribution in [2.45, 2.75) is 31.7 Å². The van der Waals surface area contributed by atoms with Gasteiger partial charge in [0.2, 0.25) is 0 Å². The molecule has 1 saturated heterocycles. The molecule has 0 radical (unpaired) electrons. The first kappa shape index (κ1) is 11.0. The highest BCUT2D eigenvalue weighted by atomic mass is 16.5. The van der Waals surface area contributed by atoms with Crippen LogP contribution in [0.3, 0.4) is 0 Å². The summed E-state index contributed by atoms with van der Waals surface area (Å²) in [5.41, 5.74) is 5.96. The van der Waals surface area contributed by atoms with Crippen molar-refractivity contribution in [3.05, 3.63) is 0 Å². The highest BCUT2D eigenvalue weighted by molar-refractivity contribution is 4.71. The summed E-state index contributed by atoms with van der Waals surface area (Å²) in [6.45, 7) is 2.80. The number of rotatable bonds is 4. The maximum Gasteiger partial charge on any atom is 0.0468 e. The molecule has 3 nitrogen and oxygen atoms in total. The molecule has 78 valence electrons. The Morgan fingerprint density at radius 1 is 1.46 bits per heavy atom. The summed E-state index contributed by atoms with van der Waals surface area (Å²) in [4.78, 5) is 0. The summed E-state index contributed by atoms with van der Waals surface area (Å²) in [6, 6.07) is 0.313. The molecule has 0 saturated carbocycles. The SMILES string of the molecule is CNC[C@@H](N)CC1CCCOCC1. The van der Waals surface area contributed by atoms with Crippen molar-refractivity contribution in [2.75, 3.05) is 26.8 Å². The summed E-state index contributed by atoms with van der Waals surface area (Å²) in [5, 5.41) is 3.12. The zero-order valence-corrected chi connectivity index (χ0v) is 8.59. The molecule has 0 aliphatic carbocycles. The standard InChI is InChI=1S/C10H22N2O/c1-12-8-10(11)7-9-3-2-5-13-6-4-9/h9-10,12H,2-8,11H2,1H3/t9?,10-/m0/s1. The second-order valence-electron chi connectivity index (χ2n) is 3.96. The molecule has 0 aromatic carbocycles. The Balaban J connectivity index is 2.17. The summed E-state index contributed by atoms with van der Waals surface area (Å²) in [5.74, 6) is 0.783. The van der Waals surface area contributed by atoms with Gasteiger partial charge in [0.15, 0.2) is 0 Å². The van der Waals surface area contributed by atoms with Crippen LogP contribution >= 0.6 is 0 Å². The number of nitrogens with one attached hydrogen (secondary N) is 1. The maximum atomic E-state index is 5.96. The van der Waals surface area contributed by atoms with Gasteiger partial charge in [-0.25, -0.2) is 0 Å². The lowest BCUT2D eigenvalue weighted by atomic mass is 9.93. The van der Waals surface area contributed by atoms with E-state index >= 15 is 0 Å². The number of ether oxygens (including phenoxy) is 1. The van der Waals surface area contributed by atoms with Gasteiger partial charge in [0, 0.05) is 25.8 Å². The van der Waals surface area contributed by atoms with Crippen LogP contribution < -0.4 is 11.1 Å². The summed E-state index contributed by atoms with van der Waals surface area (Å²) in [7, 11) is 1.95. The van der Waals surface area contributed by atoms with E-state index in [2.05, 4.69) is 5.32 Å². The van der Waals surface area contributed by atoms with Gasteiger partial charge >= 0.3 is 0 Å². The molecule has 1 heterocycles. The number of likely N-dealkylation sites (N-methyl/N-ethyl adjacent to an activating group) is 1. The van der Waals surface area contributed by atoms with Crippen LogP contribution in [-0.2, 0) is 4.74 Å². The second kappa shape index (κ2) is 6.35. The topological polar surface area (TPSA) is 47.3 Å². The molecular formula is C10H22N2O. The average Bonchev–Trinajstić information content (AvgIpc) is 2.33. The van der Waals surface area contributed by atoms with Gasteiger partial charge < -0.3 is 15.8 Å². The van der Waals surface area contributed by atoms with Crippen LogP contribution in [0.15, 0.2) is 0 Å². The Hall–Kier alpha value is -0.120. The van der Waals surface area contributed by atoms with E-state index in [1.807, 2.05) is 7.05 Å². The van der Waals surface area contributed by atoms with Gasteiger partial charge in [-0.3, -0.25) is 0 Å². The van der Waals surface area contributed by atoms with E-state index < -0.39 is 0 Å². The van der Waals surface area contributed by atoms with Crippen LogP contribution in [0, 0.1) is 5.92 Å². The Labute approximate surface area is 81.0 Å². The van der Waals surface area contributed by atoms with Crippen LogP contribution in [-0.4, -0.2) is 32.8 Å². The largest absolute Gasteiger partial charge is 0.381 e. The van der Waals surface area contributed by atoms with Gasteiger partial charge in [-0.05, 0) is 38.6 Å². The smallest absolute Gasteiger partial charge is 0.0468 e. The van der Waals surface area contributed by atoms with Gasteiger partial charge in [-0.1, -0.05) is 0 Å². The molecular weight excluding hydrogens is 164 g/mol. The van der Waals surface area contributed by atoms with E-state index in [-0.39, 0.29) is 0 Å². The van der Waals surface area contributed by atoms with Crippen molar-refractivity contribution in [2.24, 2.45) is 11.7 Å². The predicted molar refractivity (Wildman–Crippen MR) is 54.7 cm³/mol. The highest BCUT2D eigenvalue weighted by Crippen LogP contribution is 2.19. The minimum atomic E-state index is 0.313. The fourth-order valence-electron chi connectivity index (χ4n) is 1.98. The molecule has 0 spiro atoms. The van der Waals surface area contributed by atoms with Crippen LogP contribution in [0.1, 0.15) is 25.7 Å². The molecule has 1 rings (SSSR count). The zero-order chi connectivity index (χ0) is 9.52. The van der Waals surface area contributed by atoms with E-state index in [9.17, 15) is 0 Å². The molecule has 0 bridgehead atoms. The fourth-order valence-corrected chi connectivity index (χ4v) is 1.98. The molecule has 0 amide bonds. The fraction of sp³-hybridized carbons (Fsp3) is 1.00. The Morgan fingerprint density at radius 2 is 2.31 bits per heavy atom. The van der Waals surface area contributed by atoms with Crippen molar-refractivity contribution < 1.29 is 4.74 Å². The molecule has 0 aromatic rings. The van der Waals surface area contributed by atoms with E-state index in [1.54, 1.807) is 0 Å². The van der Waals surface area contributed by atoms with E-state index in [1.165, 1.54) is 19.3 Å². The molecule has 2 atom stereocenters. The average molecular weight is 186 g/mol. The van der Waals surface area contributed by atoms with E-state index in [4.69, 9.17) is 10.5 Å². The lowest BCUT2D eigenvalue weighted by molar-refractivity contribution is 0.141. The Kier molecular flexibility index (Phi) is 5.35. The third kappa shape index (κ3) is 4.60. The van der Waals surface area contributed by atoms with Crippen LogP contribution in [0.5, 0.6) is 0 Å². The molecule has 1 aliphatic heterocycles. The first-order chi connectivity index (χ1) is 6.33. The minimum absolute atomic E-state index is 0.313. The molecule has 0 aromatic heterocycles. The van der Waals surface area contributed by atoms with Crippen LogP contribution in [0.25, 0.3) is 0 Å². The van der Waals surface area contributed by atoms with Gasteiger partial charge in [0.25, 0.3) is 0 Å². The van der Waals surface area contributed by atoms with Gasteiger partial charge in [-0.15, -0.1) is 0 Å². The monoisotopic (exact) mass is 186 g/mol. The van der Waals surface area contributed by atoms with Crippen molar-refractivity contribution in [1.82, 2.24) is 5.32 Å². The molecule has 3 heteroatoms. The first-order valence-electron chi connectivity index (χ1n) is 5.31. The van der Waals surface area contributed by atoms with Crippen molar-refractivity contribution in [3.63, 3.8) is 0 Å². The Bertz CT molecular complexity index is 122. The van der Waals surface area contributed by atoms with E-state index in [0.717, 1.165) is 32.1 Å². The lowest BCUT2D eigenvalue weighted by Gasteiger charge is -2.18. The third-order valence-corrected chi connectivity index (χ3v) is 2.67. The summed E-state index contributed by atoms with van der Waals surface area (Å²) in [6.07, 6.45) is 4.83. The maximum absolute atomic E-state index is 5.96. The van der Waals surface area contributed by atoms with Crippen LogP contribution in [0.4, 0.5) is 0 Å². The predicted octanol–water partition coefficient (Wildman–Crippen LogP) is 0.740. The summed E-state index contributed by atoms with van der Waals surface area (Å²) >= 11 is 0. The van der Waals surface area contributed by atoms with E-state index in [0.29, 0.717) is 6.04 Å². The molecule has 13 heavy (non-hydrogen) atoms. The van der Waals surface area contributed by atoms with Gasteiger partial charge in [-0.2, -0.15) is 0 Å². The highest BCUT2D eigenvalue weighted by Gasteiger charge is 2.15. The first-order valence-corrected chi connectivity index (χ1v) is 5.31. The van der Waals surface area contributed by atoms with Crippen molar-refractivity contribution >= 4 is 0 Å². The van der Waals surface area contributed by atoms with Crippen molar-refractivity contribution in [3.8, 4) is 0 Å². The number of hydrogen-bond donors (Lipinski definition) is 2. The molecule has 1 unspecified atom stereocenters. The molecule has 1 aliphatic rings. The third-order valence-electron chi connectivity index (χ3n) is 2.67. The van der Waals surface area contributed by atoms with Crippen molar-refractivity contribution in [1.29, 1.82) is 0 Å². The normalized spacial score (nSPS) is 26.8. The summed E-state index contributed by atoms with van der Waals surface area (Å²) < 4.78 is 5.41. The number of nitrogens with two attached hydrogens (primary N) is 1. The van der Waals surface area contributed by atoms with Gasteiger partial charge in [0.1, 0.15) is 0 Å². The minimum Gasteiger partial charge on any atom is -0.381 e. The number of hydrogen-bond acceptors (Lipinski definition) is 3. The zero-order valence-electron chi connectivity index (χ0n) is 8.59. The lowest BCUT2D eigenvalue weighted by Crippen LogP contribution is -2.33. The van der Waals surface area contributed by atoms with Gasteiger partial charge in [0.05, 0.1) is 0 Å². The van der Waals surface area contributed by atoms with Crippen LogP contribution in [0.2, 0.25) is 0 Å². The molecule has 1 fully saturated rings. The second-order valence-corrected chi connectivity index (χ2v) is 3.96. The Morgan fingerprint density at radius 3 is 3.08 bits per heavy atom.